The third-order valence-corrected chi connectivity index (χ3v) is 4.50. The van der Waals surface area contributed by atoms with Gasteiger partial charge in [0.2, 0.25) is 6.10 Å². The molecular formula is C21H20N4O3. The number of aryl methyl sites for hydroxylation is 1. The zero-order chi connectivity index (χ0) is 19.5. The molecule has 7 heteroatoms. The second-order valence-corrected chi connectivity index (χ2v) is 6.47. The van der Waals surface area contributed by atoms with E-state index >= 15 is 0 Å². The van der Waals surface area contributed by atoms with Crippen LogP contribution in [0.5, 0.6) is 5.75 Å². The lowest BCUT2D eigenvalue weighted by molar-refractivity contribution is -0.125. The maximum absolute atomic E-state index is 12.5. The van der Waals surface area contributed by atoms with E-state index < -0.39 is 6.10 Å². The fraction of sp³-hybridized carbons (Fsp3) is 0.190. The Bertz CT molecular complexity index is 1020. The topological polar surface area (TPSA) is 77.7 Å². The Hall–Kier alpha value is -3.61. The molecule has 0 aliphatic carbocycles. The van der Waals surface area contributed by atoms with Gasteiger partial charge < -0.3 is 14.9 Å². The van der Waals surface area contributed by atoms with Crippen LogP contribution in [0.15, 0.2) is 65.9 Å². The summed E-state index contributed by atoms with van der Waals surface area (Å²) in [7, 11) is 1.60. The molecule has 1 aliphatic heterocycles. The van der Waals surface area contributed by atoms with Gasteiger partial charge >= 0.3 is 0 Å². The number of methoxy groups -OCH3 is 1. The third-order valence-electron chi connectivity index (χ3n) is 4.50. The van der Waals surface area contributed by atoms with Crippen molar-refractivity contribution in [1.29, 1.82) is 0 Å². The highest BCUT2D eigenvalue weighted by Gasteiger charge is 2.30. The SMILES string of the molecule is COc1ccccc1C1=NO[C@H](C(=O)Nc2ccc(-n3ccc(C)n3)cc2)C1. The summed E-state index contributed by atoms with van der Waals surface area (Å²) < 4.78 is 7.14. The van der Waals surface area contributed by atoms with Gasteiger partial charge in [0, 0.05) is 23.9 Å². The van der Waals surface area contributed by atoms with Crippen molar-refractivity contribution >= 4 is 17.3 Å². The summed E-state index contributed by atoms with van der Waals surface area (Å²) in [6, 6.07) is 16.9. The molecule has 1 N–H and O–H groups in total. The van der Waals surface area contributed by atoms with Crippen molar-refractivity contribution in [2.45, 2.75) is 19.4 Å². The Labute approximate surface area is 162 Å². The van der Waals surface area contributed by atoms with Crippen molar-refractivity contribution in [2.75, 3.05) is 12.4 Å². The predicted octanol–water partition coefficient (Wildman–Crippen LogP) is 3.32. The number of oxime groups is 1. The average Bonchev–Trinajstić information content (AvgIpc) is 3.38. The molecule has 2 aromatic carbocycles. The number of ether oxygens (including phenoxy) is 1. The van der Waals surface area contributed by atoms with Crippen LogP contribution in [0.2, 0.25) is 0 Å². The fourth-order valence-corrected chi connectivity index (χ4v) is 3.04. The summed E-state index contributed by atoms with van der Waals surface area (Å²) in [5.41, 5.74) is 4.08. The molecule has 1 aromatic heterocycles. The van der Waals surface area contributed by atoms with Gasteiger partial charge in [0.1, 0.15) is 5.75 Å². The van der Waals surface area contributed by atoms with Crippen LogP contribution < -0.4 is 10.1 Å². The molecule has 0 fully saturated rings. The summed E-state index contributed by atoms with van der Waals surface area (Å²) in [5, 5.41) is 11.3. The highest BCUT2D eigenvalue weighted by Crippen LogP contribution is 2.25. The largest absolute Gasteiger partial charge is 0.496 e. The van der Waals surface area contributed by atoms with Gasteiger partial charge in [-0.05, 0) is 49.4 Å². The molecule has 0 unspecified atom stereocenters. The lowest BCUT2D eigenvalue weighted by atomic mass is 10.0. The number of nitrogens with one attached hydrogen (secondary N) is 1. The molecule has 1 amide bonds. The van der Waals surface area contributed by atoms with Crippen LogP contribution in [0.1, 0.15) is 17.7 Å². The van der Waals surface area contributed by atoms with E-state index in [1.165, 1.54) is 0 Å². The van der Waals surface area contributed by atoms with E-state index in [1.807, 2.05) is 67.7 Å². The molecule has 0 spiro atoms. The minimum atomic E-state index is -0.673. The standard InChI is InChI=1S/C21H20N4O3/c1-14-11-12-25(23-14)16-9-7-15(8-10-16)22-21(26)20-13-18(24-28-20)17-5-3-4-6-19(17)27-2/h3-12,20H,13H2,1-2H3,(H,22,26)/t20-/m0/s1. The van der Waals surface area contributed by atoms with Crippen LogP contribution in [-0.2, 0) is 9.63 Å². The fourth-order valence-electron chi connectivity index (χ4n) is 3.04. The van der Waals surface area contributed by atoms with E-state index in [0.29, 0.717) is 23.6 Å². The molecule has 142 valence electrons. The van der Waals surface area contributed by atoms with Crippen molar-refractivity contribution in [3.63, 3.8) is 0 Å². The number of para-hydroxylation sites is 1. The maximum Gasteiger partial charge on any atom is 0.268 e. The van der Waals surface area contributed by atoms with Crippen molar-refractivity contribution < 1.29 is 14.4 Å². The monoisotopic (exact) mass is 376 g/mol. The molecule has 3 aromatic rings. The summed E-state index contributed by atoms with van der Waals surface area (Å²) in [5.74, 6) is 0.465. The highest BCUT2D eigenvalue weighted by atomic mass is 16.6. The summed E-state index contributed by atoms with van der Waals surface area (Å²) in [6.07, 6.45) is 1.61. The lowest BCUT2D eigenvalue weighted by Crippen LogP contribution is -2.28. The molecule has 0 bridgehead atoms. The van der Waals surface area contributed by atoms with Crippen LogP contribution in [0.25, 0.3) is 5.69 Å². The molecule has 28 heavy (non-hydrogen) atoms. The van der Waals surface area contributed by atoms with Gasteiger partial charge in [-0.3, -0.25) is 4.79 Å². The Morgan fingerprint density at radius 2 is 1.96 bits per heavy atom. The number of aromatic nitrogens is 2. The van der Waals surface area contributed by atoms with E-state index in [1.54, 1.807) is 11.8 Å². The number of rotatable bonds is 5. The molecule has 0 saturated carbocycles. The number of hydrogen-bond donors (Lipinski definition) is 1. The van der Waals surface area contributed by atoms with Crippen LogP contribution in [-0.4, -0.2) is 34.6 Å². The van der Waals surface area contributed by atoms with Gasteiger partial charge in [0.25, 0.3) is 5.91 Å². The molecule has 0 saturated heterocycles. The Balaban J connectivity index is 1.40. The van der Waals surface area contributed by atoms with Crippen molar-refractivity contribution in [1.82, 2.24) is 9.78 Å². The predicted molar refractivity (Wildman–Crippen MR) is 106 cm³/mol. The van der Waals surface area contributed by atoms with E-state index in [0.717, 1.165) is 16.9 Å². The van der Waals surface area contributed by atoms with Gasteiger partial charge in [-0.2, -0.15) is 5.10 Å². The normalized spacial score (nSPS) is 15.6. The van der Waals surface area contributed by atoms with E-state index in [9.17, 15) is 4.79 Å². The molecule has 4 rings (SSSR count). The van der Waals surface area contributed by atoms with Crippen LogP contribution >= 0.6 is 0 Å². The second kappa shape index (κ2) is 7.56. The minimum absolute atomic E-state index is 0.240. The zero-order valence-corrected chi connectivity index (χ0v) is 15.6. The Morgan fingerprint density at radius 1 is 1.18 bits per heavy atom. The molecule has 1 atom stereocenters. The van der Waals surface area contributed by atoms with Gasteiger partial charge in [-0.1, -0.05) is 17.3 Å². The van der Waals surface area contributed by atoms with Crippen molar-refractivity contribution in [2.24, 2.45) is 5.16 Å². The lowest BCUT2D eigenvalue weighted by Gasteiger charge is -2.10. The first-order chi connectivity index (χ1) is 13.6. The number of hydrogen-bond acceptors (Lipinski definition) is 5. The van der Waals surface area contributed by atoms with Gasteiger partial charge in [0.05, 0.1) is 24.2 Å². The van der Waals surface area contributed by atoms with Crippen LogP contribution in [0.3, 0.4) is 0 Å². The van der Waals surface area contributed by atoms with Crippen molar-refractivity contribution in [3.05, 3.63) is 72.1 Å². The van der Waals surface area contributed by atoms with E-state index in [-0.39, 0.29) is 5.91 Å². The van der Waals surface area contributed by atoms with Crippen LogP contribution in [0.4, 0.5) is 5.69 Å². The average molecular weight is 376 g/mol. The first-order valence-electron chi connectivity index (χ1n) is 8.93. The second-order valence-electron chi connectivity index (χ2n) is 6.47. The smallest absolute Gasteiger partial charge is 0.268 e. The van der Waals surface area contributed by atoms with Crippen molar-refractivity contribution in [3.8, 4) is 11.4 Å². The highest BCUT2D eigenvalue weighted by molar-refractivity contribution is 6.07. The van der Waals surface area contributed by atoms with Gasteiger partial charge in [0.15, 0.2) is 0 Å². The summed E-state index contributed by atoms with van der Waals surface area (Å²) in [6.45, 7) is 1.94. The molecular weight excluding hydrogens is 356 g/mol. The minimum Gasteiger partial charge on any atom is -0.496 e. The van der Waals surface area contributed by atoms with E-state index in [4.69, 9.17) is 9.57 Å². The van der Waals surface area contributed by atoms with Crippen LogP contribution in [0, 0.1) is 6.92 Å². The van der Waals surface area contributed by atoms with Gasteiger partial charge in [-0.15, -0.1) is 0 Å². The summed E-state index contributed by atoms with van der Waals surface area (Å²) >= 11 is 0. The quantitative estimate of drug-likeness (QED) is 0.741. The molecule has 0 radical (unpaired) electrons. The summed E-state index contributed by atoms with van der Waals surface area (Å²) in [4.78, 5) is 17.9. The van der Waals surface area contributed by atoms with Gasteiger partial charge in [-0.25, -0.2) is 4.68 Å². The number of carbonyl (C=O) groups excluding carboxylic acids is 1. The zero-order valence-electron chi connectivity index (χ0n) is 15.6. The first kappa shape index (κ1) is 17.8. The third kappa shape index (κ3) is 3.59. The first-order valence-corrected chi connectivity index (χ1v) is 8.93. The van der Waals surface area contributed by atoms with E-state index in [2.05, 4.69) is 15.6 Å². The number of anilines is 1. The number of carbonyl (C=O) groups is 1. The number of amides is 1. The molecule has 7 nitrogen and oxygen atoms in total. The number of benzene rings is 2. The molecule has 1 aliphatic rings. The Morgan fingerprint density at radius 3 is 2.68 bits per heavy atom. The number of nitrogens with zero attached hydrogens (tertiary/aromatic N) is 3. The Kier molecular flexibility index (Phi) is 4.80. The molecule has 2 heterocycles. The maximum atomic E-state index is 12.5.